The van der Waals surface area contributed by atoms with E-state index >= 15 is 0 Å². The van der Waals surface area contributed by atoms with Gasteiger partial charge in [-0.25, -0.2) is 0 Å². The lowest BCUT2D eigenvalue weighted by Crippen LogP contribution is -2.51. The minimum absolute atomic E-state index is 0.0989. The Balaban J connectivity index is 1.68. The van der Waals surface area contributed by atoms with Crippen molar-refractivity contribution < 1.29 is 23.9 Å². The Kier molecular flexibility index (Phi) is 6.10. The van der Waals surface area contributed by atoms with E-state index in [2.05, 4.69) is 11.4 Å². The van der Waals surface area contributed by atoms with Crippen molar-refractivity contribution in [2.75, 3.05) is 24.4 Å². The molecule has 0 aliphatic carbocycles. The van der Waals surface area contributed by atoms with E-state index in [0.717, 1.165) is 22.4 Å². The van der Waals surface area contributed by atoms with Crippen LogP contribution in [-0.4, -0.2) is 43.8 Å². The van der Waals surface area contributed by atoms with Crippen molar-refractivity contribution in [1.29, 1.82) is 0 Å². The zero-order chi connectivity index (χ0) is 29.3. The van der Waals surface area contributed by atoms with Crippen molar-refractivity contribution in [1.82, 2.24) is 0 Å². The molecule has 6 rings (SSSR count). The number of carbonyl (C=O) groups excluding carboxylic acids is 3. The van der Waals surface area contributed by atoms with Crippen LogP contribution < -0.4 is 19.7 Å². The number of anilines is 2. The molecule has 1 spiro atoms. The molecule has 1 saturated heterocycles. The quantitative estimate of drug-likeness (QED) is 0.412. The molecule has 41 heavy (non-hydrogen) atoms. The van der Waals surface area contributed by atoms with Crippen LogP contribution in [-0.2, 0) is 15.0 Å². The lowest BCUT2D eigenvalue weighted by atomic mass is 9.63. The van der Waals surface area contributed by atoms with Crippen molar-refractivity contribution in [2.24, 2.45) is 11.3 Å². The molecule has 7 nitrogen and oxygen atoms in total. The van der Waals surface area contributed by atoms with E-state index in [-0.39, 0.29) is 17.5 Å². The van der Waals surface area contributed by atoms with Crippen LogP contribution in [0.2, 0.25) is 0 Å². The van der Waals surface area contributed by atoms with Gasteiger partial charge >= 0.3 is 0 Å². The third-order valence-corrected chi connectivity index (χ3v) is 8.84. The van der Waals surface area contributed by atoms with Crippen LogP contribution >= 0.6 is 0 Å². The van der Waals surface area contributed by atoms with Gasteiger partial charge in [0.05, 0.1) is 26.2 Å². The number of fused-ring (bicyclic) bond motifs is 6. The van der Waals surface area contributed by atoms with Gasteiger partial charge in [-0.3, -0.25) is 14.4 Å². The maximum Gasteiger partial charge on any atom is 0.238 e. The molecule has 3 aliphatic heterocycles. The van der Waals surface area contributed by atoms with Crippen LogP contribution in [0.15, 0.2) is 72.8 Å². The Morgan fingerprint density at radius 1 is 0.927 bits per heavy atom. The number of amides is 1. The van der Waals surface area contributed by atoms with Crippen LogP contribution in [0.25, 0.3) is 5.57 Å². The lowest BCUT2D eigenvalue weighted by Gasteiger charge is -2.39. The molecule has 3 heterocycles. The van der Waals surface area contributed by atoms with E-state index in [4.69, 9.17) is 9.47 Å². The number of hydrogen-bond acceptors (Lipinski definition) is 6. The summed E-state index contributed by atoms with van der Waals surface area (Å²) in [4.78, 5) is 46.0. The number of ketones is 2. The first-order valence-corrected chi connectivity index (χ1v) is 13.8. The maximum atomic E-state index is 14.9. The summed E-state index contributed by atoms with van der Waals surface area (Å²) in [5, 5.41) is 3.07. The summed E-state index contributed by atoms with van der Waals surface area (Å²) in [6.45, 7) is 7.62. The Hall–Kier alpha value is -4.39. The molecule has 1 amide bonds. The Bertz CT molecular complexity index is 1630. The highest BCUT2D eigenvalue weighted by molar-refractivity contribution is 6.17. The summed E-state index contributed by atoms with van der Waals surface area (Å²) in [6.07, 6.45) is 2.06. The number of benzene rings is 3. The molecule has 210 valence electrons. The van der Waals surface area contributed by atoms with Gasteiger partial charge in [-0.05, 0) is 48.4 Å². The molecule has 1 fully saturated rings. The van der Waals surface area contributed by atoms with Gasteiger partial charge in [0.1, 0.15) is 11.5 Å². The normalized spacial score (nSPS) is 24.2. The highest BCUT2D eigenvalue weighted by Crippen LogP contribution is 2.59. The predicted octanol–water partition coefficient (Wildman–Crippen LogP) is 5.68. The van der Waals surface area contributed by atoms with Gasteiger partial charge < -0.3 is 19.7 Å². The number of ether oxygens (including phenoxy) is 2. The predicted molar refractivity (Wildman–Crippen MR) is 159 cm³/mol. The molecule has 4 unspecified atom stereocenters. The average Bonchev–Trinajstić information content (AvgIpc) is 3.43. The van der Waals surface area contributed by atoms with Gasteiger partial charge in [0, 0.05) is 27.9 Å². The Morgan fingerprint density at radius 2 is 1.61 bits per heavy atom. The zero-order valence-corrected chi connectivity index (χ0v) is 24.1. The second-order valence-corrected chi connectivity index (χ2v) is 12.1. The summed E-state index contributed by atoms with van der Waals surface area (Å²) in [7, 11) is 3.05. The van der Waals surface area contributed by atoms with E-state index in [1.54, 1.807) is 18.2 Å². The molecule has 0 radical (unpaired) electrons. The lowest BCUT2D eigenvalue weighted by molar-refractivity contribution is -0.128. The van der Waals surface area contributed by atoms with Gasteiger partial charge in [0.2, 0.25) is 5.91 Å². The highest BCUT2D eigenvalue weighted by Gasteiger charge is 2.71. The molecular formula is C34H34N2O5. The van der Waals surface area contributed by atoms with Gasteiger partial charge in [-0.1, -0.05) is 63.2 Å². The molecule has 3 aromatic carbocycles. The number of para-hydroxylation sites is 2. The van der Waals surface area contributed by atoms with Crippen LogP contribution in [0, 0.1) is 11.3 Å². The largest absolute Gasteiger partial charge is 0.493 e. The first-order chi connectivity index (χ1) is 19.5. The monoisotopic (exact) mass is 550 g/mol. The third-order valence-electron chi connectivity index (χ3n) is 8.84. The number of rotatable bonds is 5. The average molecular weight is 551 g/mol. The molecule has 1 N–H and O–H groups in total. The first kappa shape index (κ1) is 26.8. The van der Waals surface area contributed by atoms with Gasteiger partial charge in [-0.15, -0.1) is 0 Å². The molecule has 3 aromatic rings. The van der Waals surface area contributed by atoms with Crippen molar-refractivity contribution in [3.05, 3.63) is 89.5 Å². The molecule has 3 aliphatic rings. The fourth-order valence-electron chi connectivity index (χ4n) is 7.00. The van der Waals surface area contributed by atoms with E-state index in [9.17, 15) is 14.4 Å². The van der Waals surface area contributed by atoms with E-state index in [1.165, 1.54) is 14.2 Å². The second-order valence-electron chi connectivity index (χ2n) is 12.1. The smallest absolute Gasteiger partial charge is 0.238 e. The van der Waals surface area contributed by atoms with Gasteiger partial charge in [-0.2, -0.15) is 0 Å². The minimum atomic E-state index is -1.35. The second kappa shape index (κ2) is 9.33. The topological polar surface area (TPSA) is 84.9 Å². The van der Waals surface area contributed by atoms with E-state index in [0.29, 0.717) is 22.7 Å². The summed E-state index contributed by atoms with van der Waals surface area (Å²) < 4.78 is 10.9. The first-order valence-electron chi connectivity index (χ1n) is 13.8. The fraction of sp³-hybridized carbons (Fsp3) is 0.324. The van der Waals surface area contributed by atoms with Crippen LogP contribution in [0.5, 0.6) is 11.5 Å². The summed E-state index contributed by atoms with van der Waals surface area (Å²) in [6, 6.07) is 19.0. The third kappa shape index (κ3) is 3.68. The summed E-state index contributed by atoms with van der Waals surface area (Å²) >= 11 is 0. The molecular weight excluding hydrogens is 516 g/mol. The molecule has 7 heteroatoms. The number of carbonyl (C=O) groups is 3. The van der Waals surface area contributed by atoms with Gasteiger partial charge in [0.25, 0.3) is 0 Å². The number of Topliss-reactive ketones (excluding diaryl/α,β-unsaturated/α-hetero) is 2. The highest BCUT2D eigenvalue weighted by atomic mass is 16.5. The van der Waals surface area contributed by atoms with Gasteiger partial charge in [0.15, 0.2) is 23.1 Å². The van der Waals surface area contributed by atoms with Crippen LogP contribution in [0.3, 0.4) is 0 Å². The number of hydrogen-bond donors (Lipinski definition) is 1. The fourth-order valence-corrected chi connectivity index (χ4v) is 7.00. The van der Waals surface area contributed by atoms with Crippen molar-refractivity contribution in [2.45, 2.75) is 45.2 Å². The van der Waals surface area contributed by atoms with Crippen LogP contribution in [0.1, 0.15) is 49.2 Å². The minimum Gasteiger partial charge on any atom is -0.493 e. The Morgan fingerprint density at radius 3 is 2.32 bits per heavy atom. The standard InChI is InChI=1S/C34H34N2O5/c1-19-17-27-34(22-12-8-9-13-23(22)35-32(34)39)28(30(37)20-15-16-25(40-5)26(18-20)41-6)29(31(38)33(2,3)4)36(27)24-14-10-7-11-21(19)24/h7-18,27-29H,1-6H3,(H,35,39). The molecule has 4 atom stereocenters. The molecule has 0 saturated carbocycles. The number of allylic oxidation sites excluding steroid dienone is 1. The van der Waals surface area contributed by atoms with E-state index in [1.807, 2.05) is 81.1 Å². The number of nitrogens with one attached hydrogen (secondary N) is 1. The van der Waals surface area contributed by atoms with Crippen molar-refractivity contribution >= 4 is 34.4 Å². The Labute approximate surface area is 240 Å². The van der Waals surface area contributed by atoms with E-state index < -0.39 is 28.8 Å². The number of nitrogens with zero attached hydrogens (tertiary/aromatic N) is 1. The number of methoxy groups -OCH3 is 2. The summed E-state index contributed by atoms with van der Waals surface area (Å²) in [5.41, 5.74) is 2.44. The van der Waals surface area contributed by atoms with Crippen molar-refractivity contribution in [3.8, 4) is 11.5 Å². The molecule has 0 bridgehead atoms. The SMILES string of the molecule is COc1ccc(C(=O)C2C(C(=O)C(C)(C)C)N3c4ccccc4C(C)=CC3C23C(=O)Nc2ccccc23)cc1OC. The van der Waals surface area contributed by atoms with Crippen molar-refractivity contribution in [3.63, 3.8) is 0 Å². The zero-order valence-electron chi connectivity index (χ0n) is 24.1. The molecule has 0 aromatic heterocycles. The maximum absolute atomic E-state index is 14.9. The summed E-state index contributed by atoms with van der Waals surface area (Å²) in [5.74, 6) is -0.798. The van der Waals surface area contributed by atoms with Crippen LogP contribution in [0.4, 0.5) is 11.4 Å².